The van der Waals surface area contributed by atoms with Crippen molar-refractivity contribution in [2.75, 3.05) is 5.32 Å². The first-order valence-electron chi connectivity index (χ1n) is 6.16. The van der Waals surface area contributed by atoms with E-state index in [1.807, 2.05) is 22.6 Å². The molecule has 1 nitrogen and oxygen atoms in total. The van der Waals surface area contributed by atoms with E-state index < -0.39 is 11.7 Å². The van der Waals surface area contributed by atoms with Crippen LogP contribution in [0.3, 0.4) is 0 Å². The zero-order valence-electron chi connectivity index (χ0n) is 11.0. The SMILES string of the molecule is CC(Nc1ccc(F)cc1I)c1cccc(C(F)(F)F)c1. The van der Waals surface area contributed by atoms with Gasteiger partial charge in [-0.1, -0.05) is 12.1 Å². The number of anilines is 1. The smallest absolute Gasteiger partial charge is 0.378 e. The van der Waals surface area contributed by atoms with E-state index in [4.69, 9.17) is 0 Å². The first kappa shape index (κ1) is 16.1. The molecule has 1 atom stereocenters. The van der Waals surface area contributed by atoms with Crippen LogP contribution in [0.15, 0.2) is 42.5 Å². The van der Waals surface area contributed by atoms with E-state index in [-0.39, 0.29) is 11.9 Å². The molecule has 2 aromatic carbocycles. The molecule has 6 heteroatoms. The molecule has 2 rings (SSSR count). The molecule has 0 aromatic heterocycles. The van der Waals surface area contributed by atoms with Crippen molar-refractivity contribution in [2.24, 2.45) is 0 Å². The quantitative estimate of drug-likeness (QED) is 0.513. The Bertz CT molecular complexity index is 640. The summed E-state index contributed by atoms with van der Waals surface area (Å²) in [6.45, 7) is 1.76. The van der Waals surface area contributed by atoms with Crippen LogP contribution in [0.5, 0.6) is 0 Å². The third-order valence-electron chi connectivity index (χ3n) is 3.02. The lowest BCUT2D eigenvalue weighted by Gasteiger charge is -2.18. The first-order valence-corrected chi connectivity index (χ1v) is 7.24. The number of halogens is 5. The number of benzene rings is 2. The second-order valence-corrected chi connectivity index (χ2v) is 5.78. The fourth-order valence-electron chi connectivity index (χ4n) is 1.91. The minimum absolute atomic E-state index is 0.328. The van der Waals surface area contributed by atoms with Crippen LogP contribution in [0.1, 0.15) is 24.1 Å². The molecule has 0 heterocycles. The second kappa shape index (κ2) is 6.21. The van der Waals surface area contributed by atoms with Gasteiger partial charge in [0.2, 0.25) is 0 Å². The fourth-order valence-corrected chi connectivity index (χ4v) is 2.54. The highest BCUT2D eigenvalue weighted by molar-refractivity contribution is 14.1. The van der Waals surface area contributed by atoms with E-state index in [1.54, 1.807) is 19.1 Å². The van der Waals surface area contributed by atoms with Gasteiger partial charge in [-0.25, -0.2) is 4.39 Å². The normalized spacial score (nSPS) is 13.0. The summed E-state index contributed by atoms with van der Waals surface area (Å²) in [5.74, 6) is -0.350. The molecule has 2 aromatic rings. The van der Waals surface area contributed by atoms with Crippen molar-refractivity contribution < 1.29 is 17.6 Å². The molecule has 0 saturated carbocycles. The van der Waals surface area contributed by atoms with Crippen LogP contribution in [0.4, 0.5) is 23.2 Å². The van der Waals surface area contributed by atoms with Gasteiger partial charge in [0.1, 0.15) is 5.82 Å². The third-order valence-corrected chi connectivity index (χ3v) is 3.91. The van der Waals surface area contributed by atoms with Crippen molar-refractivity contribution >= 4 is 28.3 Å². The first-order chi connectivity index (χ1) is 9.77. The molecule has 0 amide bonds. The van der Waals surface area contributed by atoms with Gasteiger partial charge in [-0.2, -0.15) is 13.2 Å². The Morgan fingerprint density at radius 1 is 1.10 bits per heavy atom. The maximum atomic E-state index is 13.0. The van der Waals surface area contributed by atoms with E-state index in [9.17, 15) is 17.6 Å². The van der Waals surface area contributed by atoms with Gasteiger partial charge in [-0.3, -0.25) is 0 Å². The van der Waals surface area contributed by atoms with E-state index in [1.165, 1.54) is 18.2 Å². The highest BCUT2D eigenvalue weighted by Crippen LogP contribution is 2.31. The molecule has 1 N–H and O–H groups in total. The topological polar surface area (TPSA) is 12.0 Å². The van der Waals surface area contributed by atoms with Gasteiger partial charge in [-0.05, 0) is 65.4 Å². The minimum atomic E-state index is -4.36. The monoisotopic (exact) mass is 409 g/mol. The number of rotatable bonds is 3. The van der Waals surface area contributed by atoms with Crippen LogP contribution in [-0.4, -0.2) is 0 Å². The standard InChI is InChI=1S/C15H12F4IN/c1-9(21-14-6-5-12(16)8-13(14)20)10-3-2-4-11(7-10)15(17,18)19/h2-9,21H,1H3. The molecule has 0 aliphatic rings. The highest BCUT2D eigenvalue weighted by atomic mass is 127. The van der Waals surface area contributed by atoms with Crippen molar-refractivity contribution in [3.8, 4) is 0 Å². The molecule has 0 saturated heterocycles. The number of alkyl halides is 3. The van der Waals surface area contributed by atoms with Crippen molar-refractivity contribution in [1.82, 2.24) is 0 Å². The van der Waals surface area contributed by atoms with Crippen molar-refractivity contribution in [3.05, 3.63) is 63.0 Å². The molecule has 1 unspecified atom stereocenters. The largest absolute Gasteiger partial charge is 0.416 e. The summed E-state index contributed by atoms with van der Waals surface area (Å²) in [4.78, 5) is 0. The van der Waals surface area contributed by atoms with Gasteiger partial charge in [-0.15, -0.1) is 0 Å². The lowest BCUT2D eigenvalue weighted by atomic mass is 10.0. The summed E-state index contributed by atoms with van der Waals surface area (Å²) < 4.78 is 51.8. The van der Waals surface area contributed by atoms with Crippen molar-refractivity contribution in [3.63, 3.8) is 0 Å². The summed E-state index contributed by atoms with van der Waals surface area (Å²) in [5.41, 5.74) is 0.523. The van der Waals surface area contributed by atoms with E-state index in [2.05, 4.69) is 5.32 Å². The molecule has 0 spiro atoms. The summed E-state index contributed by atoms with van der Waals surface area (Å²) in [5, 5.41) is 3.09. The molecule has 21 heavy (non-hydrogen) atoms. The Morgan fingerprint density at radius 3 is 2.43 bits per heavy atom. The van der Waals surface area contributed by atoms with Gasteiger partial charge in [0.15, 0.2) is 0 Å². The van der Waals surface area contributed by atoms with Crippen LogP contribution in [0.2, 0.25) is 0 Å². The predicted octanol–water partition coefficient (Wildman–Crippen LogP) is 5.62. The summed E-state index contributed by atoms with van der Waals surface area (Å²) in [6, 6.07) is 9.08. The van der Waals surface area contributed by atoms with Crippen LogP contribution in [0.25, 0.3) is 0 Å². The molecule has 0 aliphatic carbocycles. The van der Waals surface area contributed by atoms with Crippen molar-refractivity contribution in [1.29, 1.82) is 0 Å². The third kappa shape index (κ3) is 4.09. The lowest BCUT2D eigenvalue weighted by molar-refractivity contribution is -0.137. The maximum absolute atomic E-state index is 13.0. The average molecular weight is 409 g/mol. The Labute approximate surface area is 133 Å². The minimum Gasteiger partial charge on any atom is -0.378 e. The molecule has 0 aliphatic heterocycles. The average Bonchev–Trinajstić information content (AvgIpc) is 2.41. The Balaban J connectivity index is 2.22. The zero-order valence-corrected chi connectivity index (χ0v) is 13.2. The maximum Gasteiger partial charge on any atom is 0.416 e. The molecule has 112 valence electrons. The fraction of sp³-hybridized carbons (Fsp3) is 0.200. The summed E-state index contributed by atoms with van der Waals surface area (Å²) >= 11 is 1.98. The van der Waals surface area contributed by atoms with Crippen molar-refractivity contribution in [2.45, 2.75) is 19.1 Å². The predicted molar refractivity (Wildman–Crippen MR) is 82.6 cm³/mol. The highest BCUT2D eigenvalue weighted by Gasteiger charge is 2.30. The Hall–Kier alpha value is -1.31. The van der Waals surface area contributed by atoms with Crippen LogP contribution in [0, 0.1) is 9.39 Å². The number of hydrogen-bond donors (Lipinski definition) is 1. The number of hydrogen-bond acceptors (Lipinski definition) is 1. The molecular formula is C15H12F4IN. The Morgan fingerprint density at radius 2 is 1.81 bits per heavy atom. The van der Waals surface area contributed by atoms with Crippen LogP contribution in [-0.2, 0) is 6.18 Å². The van der Waals surface area contributed by atoms with E-state index in [0.717, 1.165) is 12.1 Å². The van der Waals surface area contributed by atoms with Gasteiger partial charge in [0.05, 0.1) is 5.56 Å². The second-order valence-electron chi connectivity index (χ2n) is 4.61. The molecule has 0 radical (unpaired) electrons. The van der Waals surface area contributed by atoms with Gasteiger partial charge in [0, 0.05) is 15.3 Å². The van der Waals surface area contributed by atoms with E-state index >= 15 is 0 Å². The Kier molecular flexibility index (Phi) is 4.75. The van der Waals surface area contributed by atoms with E-state index in [0.29, 0.717) is 14.8 Å². The summed E-state index contributed by atoms with van der Waals surface area (Å²) in [7, 11) is 0. The molecule has 0 fully saturated rings. The van der Waals surface area contributed by atoms with Gasteiger partial charge >= 0.3 is 6.18 Å². The van der Waals surface area contributed by atoms with Crippen LogP contribution >= 0.6 is 22.6 Å². The molecular weight excluding hydrogens is 397 g/mol. The number of nitrogens with one attached hydrogen (secondary N) is 1. The molecule has 0 bridgehead atoms. The summed E-state index contributed by atoms with van der Waals surface area (Å²) in [6.07, 6.45) is -4.36. The lowest BCUT2D eigenvalue weighted by Crippen LogP contribution is -2.10. The zero-order chi connectivity index (χ0) is 15.6. The van der Waals surface area contributed by atoms with Gasteiger partial charge in [0.25, 0.3) is 0 Å². The van der Waals surface area contributed by atoms with Gasteiger partial charge < -0.3 is 5.32 Å². The van der Waals surface area contributed by atoms with Crippen LogP contribution < -0.4 is 5.32 Å².